The van der Waals surface area contributed by atoms with Gasteiger partial charge in [-0.25, -0.2) is 0 Å². The number of para-hydroxylation sites is 1. The van der Waals surface area contributed by atoms with Crippen LogP contribution in [0.1, 0.15) is 36.0 Å². The van der Waals surface area contributed by atoms with Crippen LogP contribution in [0.5, 0.6) is 5.75 Å². The molecule has 0 atom stereocenters. The van der Waals surface area contributed by atoms with Crippen LogP contribution in [-0.4, -0.2) is 18.8 Å². The highest BCUT2D eigenvalue weighted by molar-refractivity contribution is 6.17. The highest BCUT2D eigenvalue weighted by Gasteiger charge is 2.10. The molecule has 1 aromatic carbocycles. The van der Waals surface area contributed by atoms with Crippen molar-refractivity contribution in [2.24, 2.45) is 0 Å². The molecule has 0 aliphatic rings. The van der Waals surface area contributed by atoms with E-state index >= 15 is 0 Å². The van der Waals surface area contributed by atoms with E-state index in [2.05, 4.69) is 0 Å². The molecule has 1 rings (SSSR count). The summed E-state index contributed by atoms with van der Waals surface area (Å²) in [6.45, 7) is 0. The minimum absolute atomic E-state index is 0.145. The number of benzene rings is 1. The number of hydrogen-bond acceptors (Lipinski definition) is 2. The summed E-state index contributed by atoms with van der Waals surface area (Å²) in [6, 6.07) is 7.34. The highest BCUT2D eigenvalue weighted by Crippen LogP contribution is 2.20. The van der Waals surface area contributed by atoms with E-state index in [0.29, 0.717) is 23.6 Å². The summed E-state index contributed by atoms with van der Waals surface area (Å²) in [6.07, 6.45) is 3.44. The molecule has 0 radical (unpaired) electrons. The number of rotatable bonds is 7. The Labute approximate surface area is 102 Å². The number of carbonyl (C=O) groups excluding carboxylic acids is 1. The Bertz CT molecular complexity index is 336. The lowest BCUT2D eigenvalue weighted by Gasteiger charge is -2.06. The van der Waals surface area contributed by atoms with Gasteiger partial charge in [-0.05, 0) is 25.0 Å². The summed E-state index contributed by atoms with van der Waals surface area (Å²) in [5.41, 5.74) is 0.677. The zero-order chi connectivity index (χ0) is 11.8. The largest absolute Gasteiger partial charge is 0.496 e. The van der Waals surface area contributed by atoms with Crippen LogP contribution < -0.4 is 4.74 Å². The van der Waals surface area contributed by atoms with Crippen LogP contribution in [0.2, 0.25) is 0 Å². The summed E-state index contributed by atoms with van der Waals surface area (Å²) in [5, 5.41) is 0. The molecule has 0 spiro atoms. The molecule has 0 aliphatic heterocycles. The predicted molar refractivity (Wildman–Crippen MR) is 66.5 cm³/mol. The smallest absolute Gasteiger partial charge is 0.166 e. The zero-order valence-corrected chi connectivity index (χ0v) is 10.3. The molecule has 88 valence electrons. The molecular formula is C13H17ClO2. The van der Waals surface area contributed by atoms with Crippen molar-refractivity contribution in [3.05, 3.63) is 29.8 Å². The Hall–Kier alpha value is -1.02. The van der Waals surface area contributed by atoms with Crippen LogP contribution in [0.25, 0.3) is 0 Å². The number of hydrogen-bond donors (Lipinski definition) is 0. The molecule has 0 aliphatic carbocycles. The van der Waals surface area contributed by atoms with Gasteiger partial charge in [-0.2, -0.15) is 0 Å². The molecule has 0 N–H and O–H groups in total. The first-order chi connectivity index (χ1) is 7.79. The van der Waals surface area contributed by atoms with Crippen LogP contribution in [-0.2, 0) is 0 Å². The quantitative estimate of drug-likeness (QED) is 0.413. The van der Waals surface area contributed by atoms with Gasteiger partial charge in [0.2, 0.25) is 0 Å². The molecule has 0 fully saturated rings. The van der Waals surface area contributed by atoms with Crippen LogP contribution in [0.4, 0.5) is 0 Å². The molecule has 1 aromatic rings. The molecule has 0 amide bonds. The molecule has 0 bridgehead atoms. The standard InChI is InChI=1S/C13H17ClO2/c1-16-13-9-5-4-7-11(13)12(15)8-3-2-6-10-14/h4-5,7,9H,2-3,6,8,10H2,1H3. The maximum Gasteiger partial charge on any atom is 0.166 e. The molecule has 0 heterocycles. The summed E-state index contributed by atoms with van der Waals surface area (Å²) in [5.74, 6) is 1.47. The Morgan fingerprint density at radius 2 is 2.00 bits per heavy atom. The van der Waals surface area contributed by atoms with Gasteiger partial charge in [0.05, 0.1) is 12.7 Å². The second kappa shape index (κ2) is 7.29. The molecule has 2 nitrogen and oxygen atoms in total. The number of ether oxygens (including phenoxy) is 1. The lowest BCUT2D eigenvalue weighted by molar-refractivity contribution is 0.0976. The van der Waals surface area contributed by atoms with Crippen molar-refractivity contribution in [2.75, 3.05) is 13.0 Å². The molecular weight excluding hydrogens is 224 g/mol. The molecule has 16 heavy (non-hydrogen) atoms. The van der Waals surface area contributed by atoms with Crippen LogP contribution in [0, 0.1) is 0 Å². The number of Topliss-reactive ketones (excluding diaryl/α,β-unsaturated/α-hetero) is 1. The van der Waals surface area contributed by atoms with Crippen LogP contribution in [0.3, 0.4) is 0 Å². The van der Waals surface area contributed by atoms with Gasteiger partial charge in [-0.1, -0.05) is 18.6 Å². The normalized spacial score (nSPS) is 10.1. The fourth-order valence-electron chi connectivity index (χ4n) is 1.57. The minimum Gasteiger partial charge on any atom is -0.496 e. The minimum atomic E-state index is 0.145. The summed E-state index contributed by atoms with van der Waals surface area (Å²) in [4.78, 5) is 11.9. The third-order valence-corrected chi connectivity index (χ3v) is 2.71. The van der Waals surface area contributed by atoms with E-state index in [4.69, 9.17) is 16.3 Å². The fraction of sp³-hybridized carbons (Fsp3) is 0.462. The van der Waals surface area contributed by atoms with Gasteiger partial charge in [0.1, 0.15) is 5.75 Å². The average Bonchev–Trinajstić information content (AvgIpc) is 2.34. The average molecular weight is 241 g/mol. The van der Waals surface area contributed by atoms with E-state index in [1.165, 1.54) is 0 Å². The summed E-state index contributed by atoms with van der Waals surface area (Å²) in [7, 11) is 1.58. The number of carbonyl (C=O) groups is 1. The van der Waals surface area contributed by atoms with E-state index in [1.807, 2.05) is 24.3 Å². The highest BCUT2D eigenvalue weighted by atomic mass is 35.5. The van der Waals surface area contributed by atoms with Crippen LogP contribution >= 0.6 is 11.6 Å². The van der Waals surface area contributed by atoms with Crippen molar-refractivity contribution in [3.8, 4) is 5.75 Å². The van der Waals surface area contributed by atoms with E-state index in [-0.39, 0.29) is 5.78 Å². The maximum absolute atomic E-state index is 11.9. The van der Waals surface area contributed by atoms with E-state index in [0.717, 1.165) is 19.3 Å². The third-order valence-electron chi connectivity index (χ3n) is 2.44. The Morgan fingerprint density at radius 1 is 1.25 bits per heavy atom. The van der Waals surface area contributed by atoms with Crippen molar-refractivity contribution in [2.45, 2.75) is 25.7 Å². The van der Waals surface area contributed by atoms with Gasteiger partial charge in [0.25, 0.3) is 0 Å². The van der Waals surface area contributed by atoms with E-state index < -0.39 is 0 Å². The second-order valence-corrected chi connectivity index (χ2v) is 4.00. The zero-order valence-electron chi connectivity index (χ0n) is 9.54. The Morgan fingerprint density at radius 3 is 2.69 bits per heavy atom. The van der Waals surface area contributed by atoms with E-state index in [1.54, 1.807) is 7.11 Å². The predicted octanol–water partition coefficient (Wildman–Crippen LogP) is 3.68. The first-order valence-corrected chi connectivity index (χ1v) is 6.05. The van der Waals surface area contributed by atoms with Crippen molar-refractivity contribution in [1.29, 1.82) is 0 Å². The van der Waals surface area contributed by atoms with E-state index in [9.17, 15) is 4.79 Å². The number of halogens is 1. The van der Waals surface area contributed by atoms with Crippen LogP contribution in [0.15, 0.2) is 24.3 Å². The number of ketones is 1. The molecule has 0 aromatic heterocycles. The van der Waals surface area contributed by atoms with Crippen molar-refractivity contribution in [1.82, 2.24) is 0 Å². The van der Waals surface area contributed by atoms with Gasteiger partial charge < -0.3 is 4.74 Å². The molecule has 0 saturated carbocycles. The number of alkyl halides is 1. The first kappa shape index (κ1) is 13.0. The number of unbranched alkanes of at least 4 members (excludes halogenated alkanes) is 2. The van der Waals surface area contributed by atoms with Gasteiger partial charge >= 0.3 is 0 Å². The summed E-state index contributed by atoms with van der Waals surface area (Å²) < 4.78 is 5.15. The maximum atomic E-state index is 11.9. The Kier molecular flexibility index (Phi) is 5.94. The summed E-state index contributed by atoms with van der Waals surface area (Å²) >= 11 is 5.58. The molecule has 0 unspecified atom stereocenters. The topological polar surface area (TPSA) is 26.3 Å². The van der Waals surface area contributed by atoms with Crippen molar-refractivity contribution < 1.29 is 9.53 Å². The van der Waals surface area contributed by atoms with Gasteiger partial charge in [0, 0.05) is 12.3 Å². The molecule has 0 saturated heterocycles. The molecule has 3 heteroatoms. The monoisotopic (exact) mass is 240 g/mol. The fourth-order valence-corrected chi connectivity index (χ4v) is 1.76. The Balaban J connectivity index is 2.52. The first-order valence-electron chi connectivity index (χ1n) is 5.51. The lowest BCUT2D eigenvalue weighted by atomic mass is 10.0. The third kappa shape index (κ3) is 3.86. The van der Waals surface area contributed by atoms with Gasteiger partial charge in [0.15, 0.2) is 5.78 Å². The van der Waals surface area contributed by atoms with Crippen molar-refractivity contribution in [3.63, 3.8) is 0 Å². The van der Waals surface area contributed by atoms with Gasteiger partial charge in [-0.3, -0.25) is 4.79 Å². The number of methoxy groups -OCH3 is 1. The van der Waals surface area contributed by atoms with Crippen molar-refractivity contribution >= 4 is 17.4 Å². The second-order valence-electron chi connectivity index (χ2n) is 3.62. The van der Waals surface area contributed by atoms with Gasteiger partial charge in [-0.15, -0.1) is 11.6 Å². The lowest BCUT2D eigenvalue weighted by Crippen LogP contribution is -2.01. The SMILES string of the molecule is COc1ccccc1C(=O)CCCCCCl.